The smallest absolute Gasteiger partial charge is 0.410 e. The molecule has 0 bridgehead atoms. The van der Waals surface area contributed by atoms with Crippen LogP contribution in [0.5, 0.6) is 0 Å². The largest absolute Gasteiger partial charge is 0.469 e. The van der Waals surface area contributed by atoms with Gasteiger partial charge in [0, 0.05) is 0 Å². The third kappa shape index (κ3) is 2.65. The molecule has 6 heteroatoms. The van der Waals surface area contributed by atoms with Crippen molar-refractivity contribution in [2.75, 3.05) is 13.1 Å². The fourth-order valence-electron chi connectivity index (χ4n) is 2.32. The Hall–Kier alpha value is -1.56. The maximum absolute atomic E-state index is 12.0. The zero-order valence-electron chi connectivity index (χ0n) is 11.8. The molecule has 0 radical (unpaired) electrons. The first-order chi connectivity index (χ1) is 9.42. The van der Waals surface area contributed by atoms with Crippen molar-refractivity contribution >= 4 is 23.3 Å². The number of likely N-dealkylation sites (tertiary alicyclic amines) is 1. The van der Waals surface area contributed by atoms with E-state index >= 15 is 0 Å². The summed E-state index contributed by atoms with van der Waals surface area (Å²) in [6.45, 7) is 6.70. The third-order valence-electron chi connectivity index (χ3n) is 3.17. The normalized spacial score (nSPS) is 25.1. The van der Waals surface area contributed by atoms with Crippen molar-refractivity contribution in [3.05, 3.63) is 22.4 Å². The second-order valence-electron chi connectivity index (χ2n) is 6.02. The minimum Gasteiger partial charge on any atom is -0.469 e. The summed E-state index contributed by atoms with van der Waals surface area (Å²) >= 11 is 1.61. The molecule has 108 valence electrons. The number of carbonyl (C=O) groups excluding carboxylic acids is 1. The van der Waals surface area contributed by atoms with Gasteiger partial charge in [0.2, 0.25) is 5.90 Å². The van der Waals surface area contributed by atoms with Crippen molar-refractivity contribution in [3.63, 3.8) is 0 Å². The lowest BCUT2D eigenvalue weighted by Crippen LogP contribution is -2.36. The summed E-state index contributed by atoms with van der Waals surface area (Å²) in [5.41, 5.74) is -0.471. The molecule has 0 N–H and O–H groups in total. The number of amides is 1. The van der Waals surface area contributed by atoms with Crippen LogP contribution in [0.4, 0.5) is 4.79 Å². The van der Waals surface area contributed by atoms with Crippen LogP contribution in [0.2, 0.25) is 0 Å². The second-order valence-corrected chi connectivity index (χ2v) is 6.97. The molecule has 2 unspecified atom stereocenters. The van der Waals surface area contributed by atoms with E-state index in [0.29, 0.717) is 19.0 Å². The Bertz CT molecular complexity index is 533. The predicted octanol–water partition coefficient (Wildman–Crippen LogP) is 2.51. The lowest BCUT2D eigenvalue weighted by Gasteiger charge is -2.24. The Morgan fingerprint density at radius 3 is 2.90 bits per heavy atom. The number of fused-ring (bicyclic) bond motifs is 1. The van der Waals surface area contributed by atoms with Crippen molar-refractivity contribution in [1.82, 2.24) is 4.90 Å². The monoisotopic (exact) mass is 294 g/mol. The number of thiophene rings is 1. The van der Waals surface area contributed by atoms with Crippen LogP contribution in [-0.4, -0.2) is 47.7 Å². The van der Waals surface area contributed by atoms with E-state index in [2.05, 4.69) is 4.99 Å². The number of rotatable bonds is 1. The van der Waals surface area contributed by atoms with Gasteiger partial charge in [-0.1, -0.05) is 6.07 Å². The fraction of sp³-hybridized carbons (Fsp3) is 0.571. The summed E-state index contributed by atoms with van der Waals surface area (Å²) in [6, 6.07) is 4.00. The van der Waals surface area contributed by atoms with Gasteiger partial charge in [0.05, 0.1) is 18.0 Å². The highest BCUT2D eigenvalue weighted by molar-refractivity contribution is 7.12. The highest BCUT2D eigenvalue weighted by Gasteiger charge is 2.43. The highest BCUT2D eigenvalue weighted by atomic mass is 32.1. The minimum absolute atomic E-state index is 0.0274. The highest BCUT2D eigenvalue weighted by Crippen LogP contribution is 2.27. The zero-order chi connectivity index (χ0) is 14.3. The number of ether oxygens (including phenoxy) is 2. The van der Waals surface area contributed by atoms with E-state index in [-0.39, 0.29) is 18.2 Å². The number of carbonyl (C=O) groups is 1. The number of hydrogen-bond acceptors (Lipinski definition) is 5. The van der Waals surface area contributed by atoms with Crippen molar-refractivity contribution in [2.45, 2.75) is 38.5 Å². The molecular formula is C14H18N2O3S. The molecule has 1 aromatic heterocycles. The topological polar surface area (TPSA) is 51.1 Å². The van der Waals surface area contributed by atoms with Gasteiger partial charge in [0.15, 0.2) is 0 Å². The van der Waals surface area contributed by atoms with E-state index in [1.807, 2.05) is 38.3 Å². The molecular weight excluding hydrogens is 276 g/mol. The zero-order valence-corrected chi connectivity index (χ0v) is 12.6. The summed E-state index contributed by atoms with van der Waals surface area (Å²) in [7, 11) is 0. The van der Waals surface area contributed by atoms with Crippen LogP contribution in [0.15, 0.2) is 22.5 Å². The molecule has 3 heterocycles. The van der Waals surface area contributed by atoms with Gasteiger partial charge < -0.3 is 14.4 Å². The summed E-state index contributed by atoms with van der Waals surface area (Å²) < 4.78 is 11.2. The van der Waals surface area contributed by atoms with Gasteiger partial charge in [-0.25, -0.2) is 9.79 Å². The van der Waals surface area contributed by atoms with Gasteiger partial charge in [-0.15, -0.1) is 11.3 Å². The molecule has 0 aliphatic carbocycles. The molecule has 2 atom stereocenters. The Labute approximate surface area is 122 Å². The van der Waals surface area contributed by atoms with Gasteiger partial charge in [-0.3, -0.25) is 0 Å². The Kier molecular flexibility index (Phi) is 3.20. The molecule has 0 aromatic carbocycles. The van der Waals surface area contributed by atoms with E-state index < -0.39 is 5.60 Å². The van der Waals surface area contributed by atoms with Crippen LogP contribution < -0.4 is 0 Å². The van der Waals surface area contributed by atoms with Gasteiger partial charge in [0.1, 0.15) is 17.7 Å². The quantitative estimate of drug-likeness (QED) is 0.799. The van der Waals surface area contributed by atoms with Crippen LogP contribution in [0.3, 0.4) is 0 Å². The first-order valence-electron chi connectivity index (χ1n) is 6.69. The Morgan fingerprint density at radius 2 is 2.30 bits per heavy atom. The number of hydrogen-bond donors (Lipinski definition) is 0. The average Bonchev–Trinajstić information content (AvgIpc) is 3.01. The van der Waals surface area contributed by atoms with E-state index in [1.54, 1.807) is 16.2 Å². The van der Waals surface area contributed by atoms with Gasteiger partial charge >= 0.3 is 6.09 Å². The SMILES string of the molecule is CC(C)(C)OC(=O)N1CC2N=C(c3cccs3)OC2C1. The molecule has 5 nitrogen and oxygen atoms in total. The van der Waals surface area contributed by atoms with Crippen LogP contribution in [-0.2, 0) is 9.47 Å². The van der Waals surface area contributed by atoms with Gasteiger partial charge in [-0.05, 0) is 32.2 Å². The van der Waals surface area contributed by atoms with Crippen LogP contribution in [0.25, 0.3) is 0 Å². The van der Waals surface area contributed by atoms with Crippen molar-refractivity contribution in [3.8, 4) is 0 Å². The number of aliphatic imine (C=N–C) groups is 1. The minimum atomic E-state index is -0.471. The molecule has 0 spiro atoms. The lowest BCUT2D eigenvalue weighted by atomic mass is 10.2. The molecule has 1 fully saturated rings. The third-order valence-corrected chi connectivity index (χ3v) is 4.02. The number of nitrogens with zero attached hydrogens (tertiary/aromatic N) is 2. The maximum atomic E-state index is 12.0. The van der Waals surface area contributed by atoms with Gasteiger partial charge in [0.25, 0.3) is 0 Å². The molecule has 2 aliphatic rings. The van der Waals surface area contributed by atoms with E-state index in [0.717, 1.165) is 4.88 Å². The van der Waals surface area contributed by atoms with E-state index in [4.69, 9.17) is 9.47 Å². The Morgan fingerprint density at radius 1 is 1.50 bits per heavy atom. The second kappa shape index (κ2) is 4.77. The van der Waals surface area contributed by atoms with Crippen LogP contribution >= 0.6 is 11.3 Å². The average molecular weight is 294 g/mol. The van der Waals surface area contributed by atoms with Gasteiger partial charge in [-0.2, -0.15) is 0 Å². The van der Waals surface area contributed by atoms with Crippen molar-refractivity contribution in [1.29, 1.82) is 0 Å². The van der Waals surface area contributed by atoms with Crippen LogP contribution in [0, 0.1) is 0 Å². The molecule has 3 rings (SSSR count). The molecule has 2 aliphatic heterocycles. The molecule has 1 saturated heterocycles. The Balaban J connectivity index is 1.64. The first-order valence-corrected chi connectivity index (χ1v) is 7.56. The van der Waals surface area contributed by atoms with Crippen molar-refractivity contribution < 1.29 is 14.3 Å². The summed E-state index contributed by atoms with van der Waals surface area (Å²) in [5, 5.41) is 2.00. The first kappa shape index (κ1) is 13.4. The maximum Gasteiger partial charge on any atom is 0.410 e. The van der Waals surface area contributed by atoms with E-state index in [9.17, 15) is 4.79 Å². The lowest BCUT2D eigenvalue weighted by molar-refractivity contribution is 0.0272. The summed E-state index contributed by atoms with van der Waals surface area (Å²) in [5.74, 6) is 0.707. The molecule has 0 saturated carbocycles. The fourth-order valence-corrected chi connectivity index (χ4v) is 2.98. The van der Waals surface area contributed by atoms with Crippen LogP contribution in [0.1, 0.15) is 25.6 Å². The summed E-state index contributed by atoms with van der Waals surface area (Å²) in [4.78, 5) is 19.3. The van der Waals surface area contributed by atoms with E-state index in [1.165, 1.54) is 0 Å². The molecule has 1 aromatic rings. The predicted molar refractivity (Wildman–Crippen MR) is 77.3 cm³/mol. The molecule has 20 heavy (non-hydrogen) atoms. The standard InChI is InChI=1S/C14H18N2O3S/c1-14(2,3)19-13(17)16-7-9-10(8-16)18-12(15-9)11-5-4-6-20-11/h4-6,9-10H,7-8H2,1-3H3. The molecule has 1 amide bonds. The van der Waals surface area contributed by atoms with Crippen molar-refractivity contribution in [2.24, 2.45) is 4.99 Å². The summed E-state index contributed by atoms with van der Waals surface area (Å²) in [6.07, 6.45) is -0.331.